The van der Waals surface area contributed by atoms with Crippen molar-refractivity contribution in [1.29, 1.82) is 0 Å². The van der Waals surface area contributed by atoms with Crippen LogP contribution in [0.2, 0.25) is 0 Å². The number of halogens is 1. The minimum atomic E-state index is -0.850. The van der Waals surface area contributed by atoms with Crippen molar-refractivity contribution >= 4 is 50.5 Å². The topological polar surface area (TPSA) is 154 Å². The Morgan fingerprint density at radius 3 is 2.49 bits per heavy atom. The van der Waals surface area contributed by atoms with Crippen molar-refractivity contribution in [3.8, 4) is 11.1 Å². The molecule has 5 rings (SSSR count). The van der Waals surface area contributed by atoms with Gasteiger partial charge in [-0.25, -0.2) is 29.1 Å². The van der Waals surface area contributed by atoms with Gasteiger partial charge in [-0.1, -0.05) is 38.3 Å². The maximum Gasteiger partial charge on any atom is 0.429 e. The summed E-state index contributed by atoms with van der Waals surface area (Å²) in [5, 5.41) is 5.49. The lowest BCUT2D eigenvalue weighted by molar-refractivity contribution is 0.240. The normalized spacial score (nSPS) is 11.3. The molecule has 1 aromatic carbocycles. The number of carbonyl (C=O) groups excluding carboxylic acids is 2. The fraction of sp³-hybridized carbons (Fsp3) is 0.286. The number of benzene rings is 1. The Morgan fingerprint density at radius 1 is 0.927 bits per heavy atom. The zero-order valence-electron chi connectivity index (χ0n) is 22.4. The number of fused-ring (bicyclic) bond motifs is 2. The summed E-state index contributed by atoms with van der Waals surface area (Å²) in [5.74, 6) is -1.68. The first-order valence-electron chi connectivity index (χ1n) is 13.1. The molecule has 0 saturated heterocycles. The van der Waals surface area contributed by atoms with Crippen LogP contribution in [0.25, 0.3) is 33.6 Å². The van der Waals surface area contributed by atoms with E-state index in [-0.39, 0.29) is 29.0 Å². The summed E-state index contributed by atoms with van der Waals surface area (Å²) >= 11 is 3.26. The standard InChI is InChI=1S/C28H27BrN6O6/c1-3-4-5-6-10-31-25(36)35-24-22(41-28(35)39)20(9-11-30-24)17-8-7-16(2)18(12-17)14-33-26(37)34-23-21(40-27(34)38)13-19(29)15-32-23/h7-9,11-13,15H,3-6,10,14H2,1-2H3,(H,31,36)(H,33,37). The van der Waals surface area contributed by atoms with E-state index >= 15 is 0 Å². The predicted molar refractivity (Wildman–Crippen MR) is 155 cm³/mol. The van der Waals surface area contributed by atoms with Gasteiger partial charge >= 0.3 is 23.6 Å². The van der Waals surface area contributed by atoms with E-state index in [0.717, 1.165) is 45.9 Å². The van der Waals surface area contributed by atoms with Crippen LogP contribution in [0.3, 0.4) is 0 Å². The van der Waals surface area contributed by atoms with Gasteiger partial charge in [0.1, 0.15) is 0 Å². The molecule has 5 aromatic rings. The smallest absolute Gasteiger partial charge is 0.406 e. The molecule has 2 N–H and O–H groups in total. The van der Waals surface area contributed by atoms with Crippen LogP contribution in [0.4, 0.5) is 9.59 Å². The third-order valence-corrected chi connectivity index (χ3v) is 7.10. The first kappa shape index (κ1) is 28.0. The third kappa shape index (κ3) is 5.71. The Labute approximate surface area is 241 Å². The molecule has 4 heterocycles. The van der Waals surface area contributed by atoms with Gasteiger partial charge in [-0.15, -0.1) is 0 Å². The van der Waals surface area contributed by atoms with Crippen LogP contribution in [-0.4, -0.2) is 37.7 Å². The number of rotatable bonds is 8. The van der Waals surface area contributed by atoms with Crippen LogP contribution in [0.5, 0.6) is 0 Å². The largest absolute Gasteiger partial charge is 0.429 e. The molecular weight excluding hydrogens is 596 g/mol. The first-order chi connectivity index (χ1) is 19.8. The summed E-state index contributed by atoms with van der Waals surface area (Å²) in [5.41, 5.74) is 3.44. The number of nitrogens with zero attached hydrogens (tertiary/aromatic N) is 4. The SMILES string of the molecule is CCCCCCNC(=O)n1c(=O)oc2c(-c3ccc(C)c(CNC(=O)n4c(=O)oc5cc(Br)cnc54)c3)ccnc21. The molecule has 212 valence electrons. The molecule has 0 aliphatic rings. The van der Waals surface area contributed by atoms with Gasteiger partial charge in [-0.2, -0.15) is 9.13 Å². The Kier molecular flexibility index (Phi) is 8.15. The van der Waals surface area contributed by atoms with E-state index in [1.807, 2.05) is 25.1 Å². The van der Waals surface area contributed by atoms with Crippen LogP contribution in [-0.2, 0) is 6.54 Å². The summed E-state index contributed by atoms with van der Waals surface area (Å²) in [6.45, 7) is 4.52. The molecule has 0 bridgehead atoms. The second kappa shape index (κ2) is 11.9. The fourth-order valence-corrected chi connectivity index (χ4v) is 4.80. The number of nitrogens with one attached hydrogen (secondary N) is 2. The van der Waals surface area contributed by atoms with Crippen molar-refractivity contribution in [3.05, 3.63) is 79.4 Å². The number of carbonyl (C=O) groups is 2. The highest BCUT2D eigenvalue weighted by Crippen LogP contribution is 2.29. The van der Waals surface area contributed by atoms with Gasteiger partial charge in [-0.3, -0.25) is 0 Å². The van der Waals surface area contributed by atoms with E-state index in [2.05, 4.69) is 43.5 Å². The quantitative estimate of drug-likeness (QED) is 0.231. The Balaban J connectivity index is 1.39. The number of pyridine rings is 2. The lowest BCUT2D eigenvalue weighted by Crippen LogP contribution is -2.34. The number of hydrogen-bond donors (Lipinski definition) is 2. The number of hydrogen-bond acceptors (Lipinski definition) is 8. The summed E-state index contributed by atoms with van der Waals surface area (Å²) in [4.78, 5) is 59.0. The van der Waals surface area contributed by atoms with Gasteiger partial charge in [0.15, 0.2) is 22.5 Å². The second-order valence-corrected chi connectivity index (χ2v) is 10.4. The van der Waals surface area contributed by atoms with Crippen molar-refractivity contribution in [2.24, 2.45) is 0 Å². The van der Waals surface area contributed by atoms with Crippen molar-refractivity contribution in [2.45, 2.75) is 46.1 Å². The number of unbranched alkanes of at least 4 members (excludes halogenated alkanes) is 3. The molecule has 0 radical (unpaired) electrons. The lowest BCUT2D eigenvalue weighted by atomic mass is 10.00. The molecule has 2 amide bonds. The van der Waals surface area contributed by atoms with Crippen LogP contribution in [0, 0.1) is 6.92 Å². The van der Waals surface area contributed by atoms with E-state index in [0.29, 0.717) is 22.1 Å². The van der Waals surface area contributed by atoms with Gasteiger partial charge in [-0.05, 0) is 58.1 Å². The predicted octanol–water partition coefficient (Wildman–Crippen LogP) is 4.93. The summed E-state index contributed by atoms with van der Waals surface area (Å²) in [7, 11) is 0. The third-order valence-electron chi connectivity index (χ3n) is 6.66. The minimum absolute atomic E-state index is 0.0910. The van der Waals surface area contributed by atoms with Crippen molar-refractivity contribution < 1.29 is 18.4 Å². The van der Waals surface area contributed by atoms with Crippen LogP contribution in [0.15, 0.2) is 65.6 Å². The molecular formula is C28H27BrN6O6. The number of aryl methyl sites for hydroxylation is 1. The number of oxazole rings is 2. The van der Waals surface area contributed by atoms with E-state index < -0.39 is 23.6 Å². The van der Waals surface area contributed by atoms with Crippen LogP contribution >= 0.6 is 15.9 Å². The molecule has 13 heteroatoms. The number of amides is 2. The average Bonchev–Trinajstić information content (AvgIpc) is 3.46. The summed E-state index contributed by atoms with van der Waals surface area (Å²) in [6, 6.07) is 7.50. The molecule has 0 aliphatic carbocycles. The molecule has 4 aromatic heterocycles. The van der Waals surface area contributed by atoms with E-state index in [9.17, 15) is 19.2 Å². The first-order valence-corrected chi connectivity index (χ1v) is 13.9. The highest BCUT2D eigenvalue weighted by atomic mass is 79.9. The maximum absolute atomic E-state index is 12.9. The van der Waals surface area contributed by atoms with Gasteiger partial charge in [0.05, 0.1) is 0 Å². The molecule has 0 unspecified atom stereocenters. The molecule has 0 fully saturated rings. The van der Waals surface area contributed by atoms with E-state index in [4.69, 9.17) is 8.83 Å². The van der Waals surface area contributed by atoms with Gasteiger partial charge in [0.25, 0.3) is 0 Å². The lowest BCUT2D eigenvalue weighted by Gasteiger charge is -2.11. The molecule has 0 spiro atoms. The molecule has 12 nitrogen and oxygen atoms in total. The second-order valence-electron chi connectivity index (χ2n) is 9.49. The van der Waals surface area contributed by atoms with E-state index in [1.165, 1.54) is 12.4 Å². The van der Waals surface area contributed by atoms with Gasteiger partial charge in [0, 0.05) is 41.6 Å². The monoisotopic (exact) mass is 622 g/mol. The Hall–Kier alpha value is -4.52. The fourth-order valence-electron chi connectivity index (χ4n) is 4.49. The van der Waals surface area contributed by atoms with Gasteiger partial charge in [0.2, 0.25) is 0 Å². The van der Waals surface area contributed by atoms with Crippen LogP contribution in [0.1, 0.15) is 43.7 Å². The number of aromatic nitrogens is 4. The average molecular weight is 623 g/mol. The molecule has 0 saturated carbocycles. The van der Waals surface area contributed by atoms with Crippen molar-refractivity contribution in [2.75, 3.05) is 6.54 Å². The van der Waals surface area contributed by atoms with E-state index in [1.54, 1.807) is 12.1 Å². The molecule has 41 heavy (non-hydrogen) atoms. The minimum Gasteiger partial charge on any atom is -0.406 e. The highest BCUT2D eigenvalue weighted by molar-refractivity contribution is 9.10. The molecule has 0 atom stereocenters. The highest BCUT2D eigenvalue weighted by Gasteiger charge is 2.21. The Bertz CT molecular complexity index is 1880. The summed E-state index contributed by atoms with van der Waals surface area (Å²) in [6.07, 6.45) is 6.92. The summed E-state index contributed by atoms with van der Waals surface area (Å²) < 4.78 is 13.0. The van der Waals surface area contributed by atoms with Crippen LogP contribution < -0.4 is 22.1 Å². The zero-order valence-corrected chi connectivity index (χ0v) is 24.0. The Morgan fingerprint density at radius 2 is 1.68 bits per heavy atom. The van der Waals surface area contributed by atoms with Crippen molar-refractivity contribution in [3.63, 3.8) is 0 Å². The maximum atomic E-state index is 12.9. The zero-order chi connectivity index (χ0) is 29.1. The van der Waals surface area contributed by atoms with Crippen molar-refractivity contribution in [1.82, 2.24) is 29.7 Å². The molecule has 0 aliphatic heterocycles. The van der Waals surface area contributed by atoms with Gasteiger partial charge < -0.3 is 19.5 Å².